The zero-order chi connectivity index (χ0) is 34.6. The Morgan fingerprint density at radius 3 is 2.09 bits per heavy atom. The van der Waals surface area contributed by atoms with Gasteiger partial charge in [-0.25, -0.2) is 13.2 Å². The lowest BCUT2D eigenvalue weighted by Crippen LogP contribution is -2.57. The molecule has 0 aliphatic carbocycles. The fourth-order valence-electron chi connectivity index (χ4n) is 5.52. The highest BCUT2D eigenvalue weighted by molar-refractivity contribution is 7.89. The van der Waals surface area contributed by atoms with Gasteiger partial charge < -0.3 is 26.0 Å². The molecule has 0 bridgehead atoms. The quantitative estimate of drug-likeness (QED) is 0.213. The maximum absolute atomic E-state index is 14.3. The van der Waals surface area contributed by atoms with Gasteiger partial charge in [0.2, 0.25) is 27.7 Å². The van der Waals surface area contributed by atoms with Crippen molar-refractivity contribution in [1.82, 2.24) is 25.6 Å². The molecule has 1 fully saturated rings. The molecule has 0 spiro atoms. The average molecular weight is 672 g/mol. The van der Waals surface area contributed by atoms with E-state index in [1.807, 2.05) is 50.2 Å². The van der Waals surface area contributed by atoms with E-state index < -0.39 is 51.3 Å². The van der Waals surface area contributed by atoms with Crippen molar-refractivity contribution in [3.05, 3.63) is 71.8 Å². The summed E-state index contributed by atoms with van der Waals surface area (Å²) in [6.07, 6.45) is 0.734. The summed E-state index contributed by atoms with van der Waals surface area (Å²) in [4.78, 5) is 52.0. The van der Waals surface area contributed by atoms with Gasteiger partial charge in [-0.2, -0.15) is 4.31 Å². The number of hydrogen-bond acceptors (Lipinski definition) is 7. The summed E-state index contributed by atoms with van der Waals surface area (Å²) >= 11 is 0. The number of benzene rings is 2. The normalized spacial score (nSPS) is 17.6. The van der Waals surface area contributed by atoms with Gasteiger partial charge in [-0.15, -0.1) is 0 Å². The molecule has 47 heavy (non-hydrogen) atoms. The fraction of sp³-hybridized carbons (Fsp3) is 0.529. The smallest absolute Gasteiger partial charge is 0.408 e. The maximum atomic E-state index is 14.3. The van der Waals surface area contributed by atoms with Gasteiger partial charge in [-0.05, 0) is 42.2 Å². The van der Waals surface area contributed by atoms with Crippen molar-refractivity contribution in [1.29, 1.82) is 0 Å². The van der Waals surface area contributed by atoms with E-state index in [4.69, 9.17) is 4.74 Å². The molecule has 12 nitrogen and oxygen atoms in total. The van der Waals surface area contributed by atoms with Crippen LogP contribution in [0.15, 0.2) is 60.7 Å². The zero-order valence-corrected chi connectivity index (χ0v) is 28.7. The SMILES string of the molecule is CCC(C)[C@H](NC(=O)[C@@H]1CCCN1S(=O)(=O)[C@@H](CNC(=O)[C@@H](NC(=O)OCc1ccccc1)C(C)C)Cc1ccccc1)C(=O)NC. The number of alkyl carbamates (subject to hydrolysis) is 1. The molecule has 13 heteroatoms. The minimum absolute atomic E-state index is 0.0301. The number of likely N-dealkylation sites (N-methyl/N-ethyl adjacent to an activating group) is 1. The Balaban J connectivity index is 1.77. The first-order chi connectivity index (χ1) is 22.4. The molecule has 1 unspecified atom stereocenters. The summed E-state index contributed by atoms with van der Waals surface area (Å²) in [6, 6.07) is 15.4. The van der Waals surface area contributed by atoms with E-state index in [9.17, 15) is 27.6 Å². The molecular formula is C34H49N5O7S. The third kappa shape index (κ3) is 10.5. The lowest BCUT2D eigenvalue weighted by atomic mass is 9.98. The van der Waals surface area contributed by atoms with E-state index in [0.29, 0.717) is 19.3 Å². The van der Waals surface area contributed by atoms with Gasteiger partial charge in [0.25, 0.3) is 0 Å². The summed E-state index contributed by atoms with van der Waals surface area (Å²) in [5.41, 5.74) is 1.54. The first-order valence-corrected chi connectivity index (χ1v) is 17.7. The number of carbonyl (C=O) groups is 4. The minimum atomic E-state index is -4.14. The number of rotatable bonds is 16. The van der Waals surface area contributed by atoms with E-state index in [1.54, 1.807) is 38.1 Å². The van der Waals surface area contributed by atoms with Gasteiger partial charge >= 0.3 is 6.09 Å². The van der Waals surface area contributed by atoms with Crippen LogP contribution in [0.5, 0.6) is 0 Å². The predicted octanol–water partition coefficient (Wildman–Crippen LogP) is 2.74. The molecule has 258 valence electrons. The molecule has 1 aliphatic rings. The summed E-state index contributed by atoms with van der Waals surface area (Å²) in [5.74, 6) is -1.91. The molecule has 1 aliphatic heterocycles. The third-order valence-corrected chi connectivity index (χ3v) is 10.8. The number of amides is 4. The van der Waals surface area contributed by atoms with E-state index >= 15 is 0 Å². The van der Waals surface area contributed by atoms with E-state index in [0.717, 1.165) is 11.1 Å². The predicted molar refractivity (Wildman–Crippen MR) is 179 cm³/mol. The first-order valence-electron chi connectivity index (χ1n) is 16.2. The van der Waals surface area contributed by atoms with Gasteiger partial charge in [0.15, 0.2) is 0 Å². The van der Waals surface area contributed by atoms with Crippen LogP contribution in [0, 0.1) is 11.8 Å². The van der Waals surface area contributed by atoms with Crippen molar-refractivity contribution in [2.45, 2.75) is 83.4 Å². The van der Waals surface area contributed by atoms with Crippen LogP contribution in [0.3, 0.4) is 0 Å². The van der Waals surface area contributed by atoms with Crippen LogP contribution < -0.4 is 21.3 Å². The van der Waals surface area contributed by atoms with Gasteiger partial charge in [-0.3, -0.25) is 14.4 Å². The van der Waals surface area contributed by atoms with E-state index in [-0.39, 0.29) is 43.9 Å². The minimum Gasteiger partial charge on any atom is -0.445 e. The fourth-order valence-corrected chi connectivity index (χ4v) is 7.54. The molecule has 2 aromatic carbocycles. The van der Waals surface area contributed by atoms with E-state index in [1.165, 1.54) is 11.4 Å². The molecule has 5 atom stereocenters. The van der Waals surface area contributed by atoms with E-state index in [2.05, 4.69) is 21.3 Å². The Bertz CT molecular complexity index is 1440. The Kier molecular flexibility index (Phi) is 14.2. The Morgan fingerprint density at radius 1 is 0.894 bits per heavy atom. The highest BCUT2D eigenvalue weighted by Crippen LogP contribution is 2.26. The molecule has 0 radical (unpaired) electrons. The Morgan fingerprint density at radius 2 is 1.51 bits per heavy atom. The number of sulfonamides is 1. The molecule has 4 N–H and O–H groups in total. The molecule has 3 rings (SSSR count). The summed E-state index contributed by atoms with van der Waals surface area (Å²) in [6.45, 7) is 7.20. The molecule has 1 heterocycles. The maximum Gasteiger partial charge on any atom is 0.408 e. The number of nitrogens with zero attached hydrogens (tertiary/aromatic N) is 1. The van der Waals surface area contributed by atoms with Crippen LogP contribution >= 0.6 is 0 Å². The second kappa shape index (κ2) is 17.8. The highest BCUT2D eigenvalue weighted by atomic mass is 32.2. The molecule has 0 saturated carbocycles. The number of hydrogen-bond donors (Lipinski definition) is 4. The lowest BCUT2D eigenvalue weighted by Gasteiger charge is -2.31. The molecule has 4 amide bonds. The molecule has 2 aromatic rings. The zero-order valence-electron chi connectivity index (χ0n) is 27.9. The second-order valence-electron chi connectivity index (χ2n) is 12.3. The van der Waals surface area contributed by atoms with Crippen molar-refractivity contribution in [3.63, 3.8) is 0 Å². The molecular weight excluding hydrogens is 622 g/mol. The van der Waals surface area contributed by atoms with Gasteiger partial charge in [0.1, 0.15) is 24.7 Å². The van der Waals surface area contributed by atoms with Crippen molar-refractivity contribution >= 4 is 33.8 Å². The van der Waals surface area contributed by atoms with Crippen LogP contribution in [0.25, 0.3) is 0 Å². The largest absolute Gasteiger partial charge is 0.445 e. The molecule has 0 aromatic heterocycles. The summed E-state index contributed by atoms with van der Waals surface area (Å²) in [7, 11) is -2.65. The van der Waals surface area contributed by atoms with Crippen LogP contribution in [0.4, 0.5) is 4.79 Å². The standard InChI is InChI=1S/C34H49N5O7S/c1-6-24(4)30(32(41)35-5)37-31(40)28-18-13-19-39(28)47(44,45)27(20-25-14-9-7-10-15-25)21-36-33(42)29(23(2)3)38-34(43)46-22-26-16-11-8-12-17-26/h7-12,14-17,23-24,27-30H,6,13,18-22H2,1-5H3,(H,35,41)(H,36,42)(H,37,40)(H,38,43)/t24?,27-,28+,29+,30+/m1/s1. The molecule has 1 saturated heterocycles. The number of ether oxygens (including phenoxy) is 1. The van der Waals surface area contributed by atoms with Crippen molar-refractivity contribution < 1.29 is 32.3 Å². The average Bonchev–Trinajstić information content (AvgIpc) is 3.58. The van der Waals surface area contributed by atoms with Crippen molar-refractivity contribution in [2.24, 2.45) is 11.8 Å². The summed E-state index contributed by atoms with van der Waals surface area (Å²) < 4.78 is 35.0. The van der Waals surface area contributed by atoms with Gasteiger partial charge in [-0.1, -0.05) is 94.8 Å². The number of carbonyl (C=O) groups excluding carboxylic acids is 4. The van der Waals surface area contributed by atoms with Crippen LogP contribution in [0.2, 0.25) is 0 Å². The highest BCUT2D eigenvalue weighted by Gasteiger charge is 2.44. The summed E-state index contributed by atoms with van der Waals surface area (Å²) in [5, 5.41) is 9.60. The van der Waals surface area contributed by atoms with Crippen LogP contribution in [-0.2, 0) is 42.2 Å². The second-order valence-corrected chi connectivity index (χ2v) is 14.4. The van der Waals surface area contributed by atoms with Crippen LogP contribution in [-0.4, -0.2) is 80.1 Å². The number of nitrogens with one attached hydrogen (secondary N) is 4. The Labute approximate surface area is 278 Å². The lowest BCUT2D eigenvalue weighted by molar-refractivity contribution is -0.131. The first kappa shape index (κ1) is 37.5. The Hall–Kier alpha value is -3.97. The topological polar surface area (TPSA) is 163 Å². The van der Waals surface area contributed by atoms with Gasteiger partial charge in [0.05, 0.1) is 5.25 Å². The van der Waals surface area contributed by atoms with Crippen LogP contribution in [0.1, 0.15) is 58.1 Å². The third-order valence-electron chi connectivity index (χ3n) is 8.54. The van der Waals surface area contributed by atoms with Gasteiger partial charge in [0, 0.05) is 20.1 Å². The monoisotopic (exact) mass is 671 g/mol. The van der Waals surface area contributed by atoms with Crippen molar-refractivity contribution in [2.75, 3.05) is 20.1 Å². The van der Waals surface area contributed by atoms with Crippen molar-refractivity contribution in [3.8, 4) is 0 Å².